The third-order valence-corrected chi connectivity index (χ3v) is 3.60. The lowest BCUT2D eigenvalue weighted by atomic mass is 10.0. The van der Waals surface area contributed by atoms with E-state index in [1.807, 2.05) is 18.2 Å². The molecule has 0 aliphatic rings. The molecule has 0 fully saturated rings. The zero-order valence-corrected chi connectivity index (χ0v) is 12.9. The van der Waals surface area contributed by atoms with Gasteiger partial charge in [0.2, 0.25) is 0 Å². The van der Waals surface area contributed by atoms with Crippen LogP contribution in [0.3, 0.4) is 0 Å². The van der Waals surface area contributed by atoms with Gasteiger partial charge in [0.25, 0.3) is 0 Å². The minimum Gasteiger partial charge on any atom is -0.478 e. The van der Waals surface area contributed by atoms with Crippen LogP contribution in [0.15, 0.2) is 42.5 Å². The predicted octanol–water partition coefficient (Wildman–Crippen LogP) is 4.96. The molecule has 0 aliphatic heterocycles. The molecule has 2 rings (SSSR count). The summed E-state index contributed by atoms with van der Waals surface area (Å²) in [6.45, 7) is -0.0560. The molecular formula is C17H10Cl2N2O. The Bertz CT molecular complexity index is 801. The maximum absolute atomic E-state index is 9.38. The van der Waals surface area contributed by atoms with Gasteiger partial charge in [-0.05, 0) is 29.8 Å². The molecule has 0 amide bonds. The van der Waals surface area contributed by atoms with Gasteiger partial charge in [-0.25, -0.2) is 0 Å². The van der Waals surface area contributed by atoms with Gasteiger partial charge < -0.3 is 4.74 Å². The summed E-state index contributed by atoms with van der Waals surface area (Å²) in [7, 11) is 0. The summed E-state index contributed by atoms with van der Waals surface area (Å²) in [6.07, 6.45) is 1.69. The SMILES string of the molecule is N#CCOc1ccccc1/C=C(/C#N)c1ccc(Cl)c(Cl)c1. The quantitative estimate of drug-likeness (QED) is 0.588. The molecule has 0 atom stereocenters. The second kappa shape index (κ2) is 7.52. The first kappa shape index (κ1) is 15.9. The Kier molecular flexibility index (Phi) is 5.44. The molecule has 0 bridgehead atoms. The van der Waals surface area contributed by atoms with Crippen LogP contribution in [-0.2, 0) is 0 Å². The molecule has 0 saturated carbocycles. The highest BCUT2D eigenvalue weighted by molar-refractivity contribution is 6.42. The molecule has 0 N–H and O–H groups in total. The van der Waals surface area contributed by atoms with Crippen molar-refractivity contribution < 1.29 is 4.74 Å². The van der Waals surface area contributed by atoms with Gasteiger partial charge in [0.1, 0.15) is 11.8 Å². The standard InChI is InChI=1S/C17H10Cl2N2O/c18-15-6-5-12(10-16(15)19)14(11-21)9-13-3-1-2-4-17(13)22-8-7-20/h1-6,9-10H,8H2/b14-9-. The van der Waals surface area contributed by atoms with Crippen LogP contribution in [0.2, 0.25) is 10.0 Å². The number of hydrogen-bond donors (Lipinski definition) is 0. The molecular weight excluding hydrogens is 319 g/mol. The van der Waals surface area contributed by atoms with Crippen molar-refractivity contribution in [1.29, 1.82) is 10.5 Å². The molecule has 5 heteroatoms. The Morgan fingerprint density at radius 3 is 2.55 bits per heavy atom. The number of nitriles is 2. The summed E-state index contributed by atoms with van der Waals surface area (Å²) < 4.78 is 5.35. The van der Waals surface area contributed by atoms with E-state index in [1.165, 1.54) is 0 Å². The highest BCUT2D eigenvalue weighted by Crippen LogP contribution is 2.28. The molecule has 0 spiro atoms. The van der Waals surface area contributed by atoms with Gasteiger partial charge in [-0.15, -0.1) is 0 Å². The lowest BCUT2D eigenvalue weighted by Gasteiger charge is -2.07. The first-order valence-corrected chi connectivity index (χ1v) is 7.07. The molecule has 108 valence electrons. The predicted molar refractivity (Wildman–Crippen MR) is 87.5 cm³/mol. The van der Waals surface area contributed by atoms with Crippen molar-refractivity contribution >= 4 is 34.9 Å². The van der Waals surface area contributed by atoms with Gasteiger partial charge >= 0.3 is 0 Å². The Hall–Kier alpha value is -2.46. The summed E-state index contributed by atoms with van der Waals surface area (Å²) in [6, 6.07) is 16.2. The van der Waals surface area contributed by atoms with Crippen LogP contribution in [-0.4, -0.2) is 6.61 Å². The first-order chi connectivity index (χ1) is 10.7. The van der Waals surface area contributed by atoms with Crippen LogP contribution < -0.4 is 4.74 Å². The molecule has 0 unspecified atom stereocenters. The molecule has 3 nitrogen and oxygen atoms in total. The number of para-hydroxylation sites is 1. The molecule has 0 saturated heterocycles. The second-order valence-corrected chi connectivity index (χ2v) is 5.10. The molecule has 2 aromatic carbocycles. The maximum Gasteiger partial charge on any atom is 0.174 e. The van der Waals surface area contributed by atoms with Crippen LogP contribution in [0.4, 0.5) is 0 Å². The van der Waals surface area contributed by atoms with Crippen molar-refractivity contribution in [2.45, 2.75) is 0 Å². The van der Waals surface area contributed by atoms with E-state index in [0.29, 0.717) is 32.5 Å². The maximum atomic E-state index is 9.38. The number of nitrogens with zero attached hydrogens (tertiary/aromatic N) is 2. The number of hydrogen-bond acceptors (Lipinski definition) is 3. The lowest BCUT2D eigenvalue weighted by Crippen LogP contribution is -1.95. The Morgan fingerprint density at radius 2 is 1.86 bits per heavy atom. The normalized spacial score (nSPS) is 10.6. The monoisotopic (exact) mass is 328 g/mol. The van der Waals surface area contributed by atoms with Crippen LogP contribution in [0.25, 0.3) is 11.6 Å². The summed E-state index contributed by atoms with van der Waals surface area (Å²) in [5.74, 6) is 0.539. The molecule has 0 aliphatic carbocycles. The van der Waals surface area contributed by atoms with Gasteiger partial charge in [0.05, 0.1) is 21.7 Å². The van der Waals surface area contributed by atoms with E-state index in [4.69, 9.17) is 33.2 Å². The van der Waals surface area contributed by atoms with Crippen molar-refractivity contribution in [3.63, 3.8) is 0 Å². The van der Waals surface area contributed by atoms with Crippen molar-refractivity contribution in [3.8, 4) is 17.9 Å². The third-order valence-electron chi connectivity index (χ3n) is 2.86. The highest BCUT2D eigenvalue weighted by atomic mass is 35.5. The zero-order chi connectivity index (χ0) is 15.9. The first-order valence-electron chi connectivity index (χ1n) is 6.31. The van der Waals surface area contributed by atoms with Crippen LogP contribution in [0.5, 0.6) is 5.75 Å². The van der Waals surface area contributed by atoms with Crippen LogP contribution in [0, 0.1) is 22.7 Å². The van der Waals surface area contributed by atoms with Gasteiger partial charge in [-0.1, -0.05) is 47.5 Å². The smallest absolute Gasteiger partial charge is 0.174 e. The minimum atomic E-state index is -0.0560. The Balaban J connectivity index is 2.43. The van der Waals surface area contributed by atoms with E-state index in [0.717, 1.165) is 0 Å². The largest absolute Gasteiger partial charge is 0.478 e. The fraction of sp³-hybridized carbons (Fsp3) is 0.0588. The van der Waals surface area contributed by atoms with Crippen molar-refractivity contribution in [3.05, 3.63) is 63.6 Å². The van der Waals surface area contributed by atoms with Gasteiger partial charge in [0, 0.05) is 5.56 Å². The van der Waals surface area contributed by atoms with Gasteiger partial charge in [-0.3, -0.25) is 0 Å². The Labute approximate surface area is 138 Å². The van der Waals surface area contributed by atoms with E-state index < -0.39 is 0 Å². The Morgan fingerprint density at radius 1 is 1.09 bits per heavy atom. The molecule has 0 aromatic heterocycles. The third kappa shape index (κ3) is 3.80. The molecule has 22 heavy (non-hydrogen) atoms. The fourth-order valence-electron chi connectivity index (χ4n) is 1.84. The van der Waals surface area contributed by atoms with E-state index in [-0.39, 0.29) is 6.61 Å². The topological polar surface area (TPSA) is 56.8 Å². The average Bonchev–Trinajstić information content (AvgIpc) is 2.54. The summed E-state index contributed by atoms with van der Waals surface area (Å²) in [5, 5.41) is 18.8. The van der Waals surface area contributed by atoms with Gasteiger partial charge in [0.15, 0.2) is 6.61 Å². The number of ether oxygens (including phenoxy) is 1. The number of halogens is 2. The number of rotatable bonds is 4. The fourth-order valence-corrected chi connectivity index (χ4v) is 2.14. The van der Waals surface area contributed by atoms with E-state index >= 15 is 0 Å². The zero-order valence-electron chi connectivity index (χ0n) is 11.4. The summed E-state index contributed by atoms with van der Waals surface area (Å²) in [4.78, 5) is 0. The summed E-state index contributed by atoms with van der Waals surface area (Å²) in [5.41, 5.74) is 1.79. The van der Waals surface area contributed by atoms with Crippen LogP contribution in [0.1, 0.15) is 11.1 Å². The van der Waals surface area contributed by atoms with Gasteiger partial charge in [-0.2, -0.15) is 10.5 Å². The number of benzene rings is 2. The van der Waals surface area contributed by atoms with E-state index in [1.54, 1.807) is 36.4 Å². The van der Waals surface area contributed by atoms with E-state index in [2.05, 4.69) is 6.07 Å². The highest BCUT2D eigenvalue weighted by Gasteiger charge is 2.07. The molecule has 0 radical (unpaired) electrons. The van der Waals surface area contributed by atoms with Crippen molar-refractivity contribution in [1.82, 2.24) is 0 Å². The second-order valence-electron chi connectivity index (χ2n) is 4.28. The minimum absolute atomic E-state index is 0.0560. The average molecular weight is 329 g/mol. The van der Waals surface area contributed by atoms with Crippen LogP contribution >= 0.6 is 23.2 Å². The molecule has 2 aromatic rings. The van der Waals surface area contributed by atoms with E-state index in [9.17, 15) is 5.26 Å². The summed E-state index contributed by atoms with van der Waals surface area (Å²) >= 11 is 11.9. The molecule has 0 heterocycles. The van der Waals surface area contributed by atoms with Crippen molar-refractivity contribution in [2.75, 3.05) is 6.61 Å². The number of allylic oxidation sites excluding steroid dienone is 1. The van der Waals surface area contributed by atoms with Crippen molar-refractivity contribution in [2.24, 2.45) is 0 Å². The lowest BCUT2D eigenvalue weighted by molar-refractivity contribution is 0.367.